The van der Waals surface area contributed by atoms with Crippen LogP contribution in [-0.4, -0.2) is 25.0 Å². The third kappa shape index (κ3) is 2.62. The van der Waals surface area contributed by atoms with Crippen molar-refractivity contribution in [3.63, 3.8) is 0 Å². The number of fused-ring (bicyclic) bond motifs is 1. The highest BCUT2D eigenvalue weighted by atomic mass is 19.1. The van der Waals surface area contributed by atoms with Crippen LogP contribution in [0.2, 0.25) is 0 Å². The standard InChI is InChI=1S/C14H17FN2/c1-17(9-8-16)10-11-6-7-14(15)13-5-3-2-4-12(11)13/h2-7H,8-10,16H2,1H3. The highest BCUT2D eigenvalue weighted by molar-refractivity contribution is 5.86. The summed E-state index contributed by atoms with van der Waals surface area (Å²) >= 11 is 0. The number of nitrogens with two attached hydrogens (primary N) is 1. The summed E-state index contributed by atoms with van der Waals surface area (Å²) < 4.78 is 13.6. The van der Waals surface area contributed by atoms with E-state index in [2.05, 4.69) is 4.90 Å². The van der Waals surface area contributed by atoms with Crippen molar-refractivity contribution in [1.82, 2.24) is 4.90 Å². The van der Waals surface area contributed by atoms with Gasteiger partial charge in [-0.3, -0.25) is 0 Å². The van der Waals surface area contributed by atoms with Crippen LogP contribution >= 0.6 is 0 Å². The fourth-order valence-corrected chi connectivity index (χ4v) is 2.05. The molecule has 0 aliphatic heterocycles. The van der Waals surface area contributed by atoms with Gasteiger partial charge in [0.2, 0.25) is 0 Å². The summed E-state index contributed by atoms with van der Waals surface area (Å²) in [5.41, 5.74) is 6.66. The van der Waals surface area contributed by atoms with Crippen LogP contribution in [0.5, 0.6) is 0 Å². The van der Waals surface area contributed by atoms with Gasteiger partial charge in [-0.15, -0.1) is 0 Å². The molecule has 0 spiro atoms. The van der Waals surface area contributed by atoms with Crippen molar-refractivity contribution in [3.05, 3.63) is 47.8 Å². The van der Waals surface area contributed by atoms with Gasteiger partial charge in [0.25, 0.3) is 0 Å². The molecular formula is C14H17FN2. The van der Waals surface area contributed by atoms with E-state index in [9.17, 15) is 4.39 Å². The number of hydrogen-bond acceptors (Lipinski definition) is 2. The van der Waals surface area contributed by atoms with Gasteiger partial charge in [-0.25, -0.2) is 4.39 Å². The first-order valence-electron chi connectivity index (χ1n) is 5.77. The third-order valence-corrected chi connectivity index (χ3v) is 2.91. The smallest absolute Gasteiger partial charge is 0.131 e. The van der Waals surface area contributed by atoms with Crippen molar-refractivity contribution in [2.75, 3.05) is 20.1 Å². The molecule has 0 saturated carbocycles. The summed E-state index contributed by atoms with van der Waals surface area (Å²) in [6.07, 6.45) is 0. The monoisotopic (exact) mass is 232 g/mol. The van der Waals surface area contributed by atoms with Gasteiger partial charge in [-0.05, 0) is 24.1 Å². The molecule has 0 bridgehead atoms. The lowest BCUT2D eigenvalue weighted by Crippen LogP contribution is -2.25. The number of hydrogen-bond donors (Lipinski definition) is 1. The van der Waals surface area contributed by atoms with Gasteiger partial charge in [0.15, 0.2) is 0 Å². The molecule has 90 valence electrons. The Morgan fingerprint density at radius 1 is 1.12 bits per heavy atom. The molecule has 2 rings (SSSR count). The Morgan fingerprint density at radius 2 is 1.82 bits per heavy atom. The van der Waals surface area contributed by atoms with Crippen LogP contribution in [0.4, 0.5) is 4.39 Å². The topological polar surface area (TPSA) is 29.3 Å². The summed E-state index contributed by atoms with van der Waals surface area (Å²) in [5, 5.41) is 1.67. The van der Waals surface area contributed by atoms with E-state index in [0.717, 1.165) is 24.0 Å². The summed E-state index contributed by atoms with van der Waals surface area (Å²) in [6, 6.07) is 11.0. The minimum atomic E-state index is -0.161. The van der Waals surface area contributed by atoms with Gasteiger partial charge in [-0.1, -0.05) is 30.3 Å². The molecule has 2 N–H and O–H groups in total. The van der Waals surface area contributed by atoms with Crippen molar-refractivity contribution in [2.45, 2.75) is 6.54 Å². The van der Waals surface area contributed by atoms with Crippen LogP contribution in [0.3, 0.4) is 0 Å². The second-order valence-corrected chi connectivity index (χ2v) is 4.28. The summed E-state index contributed by atoms with van der Waals surface area (Å²) in [6.45, 7) is 2.26. The third-order valence-electron chi connectivity index (χ3n) is 2.91. The Labute approximate surface area is 101 Å². The van der Waals surface area contributed by atoms with Crippen LogP contribution < -0.4 is 5.73 Å². The molecule has 3 heteroatoms. The molecule has 0 heterocycles. The predicted octanol–water partition coefficient (Wildman–Crippen LogP) is 2.37. The minimum absolute atomic E-state index is 0.161. The second-order valence-electron chi connectivity index (χ2n) is 4.28. The van der Waals surface area contributed by atoms with Gasteiger partial charge >= 0.3 is 0 Å². The van der Waals surface area contributed by atoms with E-state index < -0.39 is 0 Å². The molecule has 0 atom stereocenters. The Kier molecular flexibility index (Phi) is 3.71. The van der Waals surface area contributed by atoms with E-state index in [1.807, 2.05) is 37.4 Å². The van der Waals surface area contributed by atoms with Crippen LogP contribution in [0, 0.1) is 5.82 Å². The van der Waals surface area contributed by atoms with E-state index in [1.165, 1.54) is 6.07 Å². The lowest BCUT2D eigenvalue weighted by Gasteiger charge is -2.17. The maximum Gasteiger partial charge on any atom is 0.131 e. The SMILES string of the molecule is CN(CCN)Cc1ccc(F)c2ccccc12. The highest BCUT2D eigenvalue weighted by Crippen LogP contribution is 2.22. The van der Waals surface area contributed by atoms with E-state index in [1.54, 1.807) is 0 Å². The molecule has 17 heavy (non-hydrogen) atoms. The first-order valence-corrected chi connectivity index (χ1v) is 5.77. The highest BCUT2D eigenvalue weighted by Gasteiger charge is 2.06. The van der Waals surface area contributed by atoms with E-state index >= 15 is 0 Å². The zero-order valence-electron chi connectivity index (χ0n) is 9.99. The molecule has 0 aliphatic carbocycles. The fraction of sp³-hybridized carbons (Fsp3) is 0.286. The molecule has 0 unspecified atom stereocenters. The average Bonchev–Trinajstić information content (AvgIpc) is 2.34. The number of nitrogens with zero attached hydrogens (tertiary/aromatic N) is 1. The van der Waals surface area contributed by atoms with Gasteiger partial charge in [0, 0.05) is 25.0 Å². The van der Waals surface area contributed by atoms with Crippen molar-refractivity contribution >= 4 is 10.8 Å². The first-order chi connectivity index (χ1) is 8.22. The van der Waals surface area contributed by atoms with Crippen molar-refractivity contribution < 1.29 is 4.39 Å². The van der Waals surface area contributed by atoms with Gasteiger partial charge in [0.05, 0.1) is 0 Å². The normalized spacial score (nSPS) is 11.3. The largest absolute Gasteiger partial charge is 0.329 e. The average molecular weight is 232 g/mol. The molecule has 0 fully saturated rings. The number of benzene rings is 2. The van der Waals surface area contributed by atoms with Crippen molar-refractivity contribution in [2.24, 2.45) is 5.73 Å². The van der Waals surface area contributed by atoms with E-state index in [-0.39, 0.29) is 5.82 Å². The Bertz CT molecular complexity index is 511. The molecular weight excluding hydrogens is 215 g/mol. The molecule has 0 aliphatic rings. The summed E-state index contributed by atoms with van der Waals surface area (Å²) in [7, 11) is 2.02. The molecule has 2 aromatic rings. The van der Waals surface area contributed by atoms with E-state index in [4.69, 9.17) is 5.73 Å². The van der Waals surface area contributed by atoms with Gasteiger partial charge < -0.3 is 10.6 Å². The molecule has 0 amide bonds. The number of halogens is 1. The number of rotatable bonds is 4. The van der Waals surface area contributed by atoms with Gasteiger partial charge in [-0.2, -0.15) is 0 Å². The van der Waals surface area contributed by atoms with Crippen LogP contribution in [0.1, 0.15) is 5.56 Å². The Morgan fingerprint density at radius 3 is 2.53 bits per heavy atom. The molecule has 2 nitrogen and oxygen atoms in total. The molecule has 0 radical (unpaired) electrons. The maximum atomic E-state index is 13.6. The quantitative estimate of drug-likeness (QED) is 0.877. The molecule has 0 aromatic heterocycles. The lowest BCUT2D eigenvalue weighted by molar-refractivity contribution is 0.337. The molecule has 0 saturated heterocycles. The predicted molar refractivity (Wildman–Crippen MR) is 69.3 cm³/mol. The first kappa shape index (κ1) is 12.0. The Balaban J connectivity index is 2.38. The second kappa shape index (κ2) is 5.25. The zero-order valence-corrected chi connectivity index (χ0v) is 9.99. The molecule has 2 aromatic carbocycles. The van der Waals surface area contributed by atoms with Crippen molar-refractivity contribution in [1.29, 1.82) is 0 Å². The maximum absolute atomic E-state index is 13.6. The van der Waals surface area contributed by atoms with Gasteiger partial charge in [0.1, 0.15) is 5.82 Å². The Hall–Kier alpha value is -1.45. The van der Waals surface area contributed by atoms with Crippen LogP contribution in [0.25, 0.3) is 10.8 Å². The summed E-state index contributed by atoms with van der Waals surface area (Å²) in [4.78, 5) is 2.14. The zero-order chi connectivity index (χ0) is 12.3. The fourth-order valence-electron chi connectivity index (χ4n) is 2.05. The number of likely N-dealkylation sites (N-methyl/N-ethyl adjacent to an activating group) is 1. The van der Waals surface area contributed by atoms with Crippen molar-refractivity contribution in [3.8, 4) is 0 Å². The van der Waals surface area contributed by atoms with E-state index in [0.29, 0.717) is 11.9 Å². The summed E-state index contributed by atoms with van der Waals surface area (Å²) in [5.74, 6) is -0.161. The minimum Gasteiger partial charge on any atom is -0.329 e. The van der Waals surface area contributed by atoms with Crippen LogP contribution in [0.15, 0.2) is 36.4 Å². The van der Waals surface area contributed by atoms with Crippen LogP contribution in [-0.2, 0) is 6.54 Å². The lowest BCUT2D eigenvalue weighted by atomic mass is 10.0.